The van der Waals surface area contributed by atoms with Crippen LogP contribution in [0.2, 0.25) is 5.02 Å². The molecule has 116 valence electrons. The van der Waals surface area contributed by atoms with Crippen molar-refractivity contribution in [2.45, 2.75) is 25.7 Å². The first-order valence-corrected chi connectivity index (χ1v) is 9.27. The van der Waals surface area contributed by atoms with Crippen molar-refractivity contribution in [3.63, 3.8) is 0 Å². The van der Waals surface area contributed by atoms with Crippen molar-refractivity contribution < 1.29 is 4.74 Å². The second-order valence-electron chi connectivity index (χ2n) is 4.60. The smallest absolute Gasteiger partial charge is 0.234 e. The minimum atomic E-state index is 0.414. The van der Waals surface area contributed by atoms with Crippen LogP contribution in [0.1, 0.15) is 24.2 Å². The summed E-state index contributed by atoms with van der Waals surface area (Å²) < 4.78 is 7.52. The quantitative estimate of drug-likeness (QED) is 0.599. The molecule has 22 heavy (non-hydrogen) atoms. The molecular weight excluding hydrogens is 340 g/mol. The van der Waals surface area contributed by atoms with Gasteiger partial charge in [-0.3, -0.25) is 0 Å². The van der Waals surface area contributed by atoms with Gasteiger partial charge in [-0.2, -0.15) is 21.4 Å². The van der Waals surface area contributed by atoms with Crippen molar-refractivity contribution in [1.29, 1.82) is 0 Å². The van der Waals surface area contributed by atoms with E-state index in [2.05, 4.69) is 22.2 Å². The average Bonchev–Trinajstić information content (AvgIpc) is 3.08. The molecule has 0 aliphatic rings. The first-order valence-electron chi connectivity index (χ1n) is 6.92. The van der Waals surface area contributed by atoms with Crippen LogP contribution in [0.3, 0.4) is 0 Å². The normalized spacial score (nSPS) is 11.2. The Balaban J connectivity index is 1.65. The predicted octanol–water partition coefficient (Wildman–Crippen LogP) is 4.06. The second-order valence-corrected chi connectivity index (χ2v) is 7.18. The lowest BCUT2D eigenvalue weighted by atomic mass is 10.3. The van der Waals surface area contributed by atoms with Crippen molar-refractivity contribution in [3.8, 4) is 5.75 Å². The summed E-state index contributed by atoms with van der Waals surface area (Å²) in [6.45, 7) is 2.58. The summed E-state index contributed by atoms with van der Waals surface area (Å²) in [7, 11) is 0. The standard InChI is InChI=1S/C14H15ClN4OS2/c1-2-7-21-9-12-16-17-14-19(12)18-13(22-14)8-20-11-5-3-10(15)4-6-11/h3-6H,2,7-9H2,1H3. The fourth-order valence-corrected chi connectivity index (χ4v) is 3.52. The molecule has 0 aliphatic carbocycles. The highest BCUT2D eigenvalue weighted by Crippen LogP contribution is 2.20. The Kier molecular flexibility index (Phi) is 5.17. The third kappa shape index (κ3) is 3.71. The van der Waals surface area contributed by atoms with E-state index in [0.29, 0.717) is 11.6 Å². The van der Waals surface area contributed by atoms with E-state index in [4.69, 9.17) is 16.3 Å². The fourth-order valence-electron chi connectivity index (χ4n) is 1.83. The lowest BCUT2D eigenvalue weighted by molar-refractivity contribution is 0.304. The van der Waals surface area contributed by atoms with Crippen molar-refractivity contribution in [2.24, 2.45) is 0 Å². The Bertz CT molecular complexity index is 741. The summed E-state index contributed by atoms with van der Waals surface area (Å²) in [5.74, 6) is 3.61. The summed E-state index contributed by atoms with van der Waals surface area (Å²) in [5, 5.41) is 14.4. The molecule has 0 radical (unpaired) electrons. The molecule has 0 saturated carbocycles. The predicted molar refractivity (Wildman–Crippen MR) is 90.9 cm³/mol. The highest BCUT2D eigenvalue weighted by molar-refractivity contribution is 7.98. The number of ether oxygens (including phenoxy) is 1. The maximum Gasteiger partial charge on any atom is 0.234 e. The van der Waals surface area contributed by atoms with Gasteiger partial charge in [-0.05, 0) is 36.4 Å². The summed E-state index contributed by atoms with van der Waals surface area (Å²) in [5.41, 5.74) is 0. The van der Waals surface area contributed by atoms with Gasteiger partial charge in [0.25, 0.3) is 0 Å². The van der Waals surface area contributed by atoms with Crippen LogP contribution in [0.4, 0.5) is 0 Å². The highest BCUT2D eigenvalue weighted by atomic mass is 35.5. The highest BCUT2D eigenvalue weighted by Gasteiger charge is 2.12. The zero-order valence-corrected chi connectivity index (χ0v) is 14.4. The lowest BCUT2D eigenvalue weighted by Crippen LogP contribution is -1.99. The molecule has 3 aromatic rings. The van der Waals surface area contributed by atoms with Gasteiger partial charge >= 0.3 is 0 Å². The maximum absolute atomic E-state index is 5.85. The van der Waals surface area contributed by atoms with Gasteiger partial charge in [0.15, 0.2) is 10.8 Å². The molecule has 5 nitrogen and oxygen atoms in total. The maximum atomic E-state index is 5.85. The number of nitrogens with zero attached hydrogens (tertiary/aromatic N) is 4. The van der Waals surface area contributed by atoms with Gasteiger partial charge < -0.3 is 4.74 Å². The zero-order chi connectivity index (χ0) is 15.4. The molecule has 0 spiro atoms. The Hall–Kier alpha value is -1.31. The summed E-state index contributed by atoms with van der Waals surface area (Å²) in [6.07, 6.45) is 1.16. The summed E-state index contributed by atoms with van der Waals surface area (Å²) in [4.78, 5) is 0.807. The minimum Gasteiger partial charge on any atom is -0.486 e. The van der Waals surface area contributed by atoms with Crippen LogP contribution in [-0.2, 0) is 12.4 Å². The number of hydrogen-bond donors (Lipinski definition) is 0. The molecule has 2 heterocycles. The number of benzene rings is 1. The van der Waals surface area contributed by atoms with Gasteiger partial charge in [0.2, 0.25) is 4.96 Å². The molecule has 0 bridgehead atoms. The minimum absolute atomic E-state index is 0.414. The van der Waals surface area contributed by atoms with Crippen LogP contribution < -0.4 is 4.74 Å². The topological polar surface area (TPSA) is 52.3 Å². The van der Waals surface area contributed by atoms with Crippen LogP contribution in [-0.4, -0.2) is 25.6 Å². The van der Waals surface area contributed by atoms with Gasteiger partial charge in [0.05, 0.1) is 5.75 Å². The number of thioether (sulfide) groups is 1. The molecule has 0 fully saturated rings. The van der Waals surface area contributed by atoms with Gasteiger partial charge in [-0.25, -0.2) is 0 Å². The van der Waals surface area contributed by atoms with E-state index in [1.54, 1.807) is 12.1 Å². The molecule has 1 aromatic carbocycles. The molecular formula is C14H15ClN4OS2. The third-order valence-electron chi connectivity index (χ3n) is 2.85. The lowest BCUT2D eigenvalue weighted by Gasteiger charge is -2.03. The number of rotatable bonds is 7. The van der Waals surface area contributed by atoms with Gasteiger partial charge in [0.1, 0.15) is 12.4 Å². The average molecular weight is 355 g/mol. The van der Waals surface area contributed by atoms with Crippen molar-refractivity contribution in [1.82, 2.24) is 19.8 Å². The summed E-state index contributed by atoms with van der Waals surface area (Å²) >= 11 is 9.19. The molecule has 0 saturated heterocycles. The third-order valence-corrected chi connectivity index (χ3v) is 5.14. The largest absolute Gasteiger partial charge is 0.486 e. The number of fused-ring (bicyclic) bond motifs is 1. The monoisotopic (exact) mass is 354 g/mol. The van der Waals surface area contributed by atoms with E-state index in [0.717, 1.165) is 39.5 Å². The fraction of sp³-hybridized carbons (Fsp3) is 0.357. The van der Waals surface area contributed by atoms with Crippen LogP contribution in [0.5, 0.6) is 5.75 Å². The molecule has 0 amide bonds. The first-order chi connectivity index (χ1) is 10.8. The first kappa shape index (κ1) is 15.6. The Morgan fingerprint density at radius 1 is 1.27 bits per heavy atom. The molecule has 0 N–H and O–H groups in total. The van der Waals surface area contributed by atoms with Gasteiger partial charge in [-0.1, -0.05) is 29.9 Å². The summed E-state index contributed by atoms with van der Waals surface area (Å²) in [6, 6.07) is 7.29. The number of halogens is 1. The van der Waals surface area contributed by atoms with Crippen LogP contribution in [0.15, 0.2) is 24.3 Å². The van der Waals surface area contributed by atoms with E-state index >= 15 is 0 Å². The van der Waals surface area contributed by atoms with E-state index in [9.17, 15) is 0 Å². The second kappa shape index (κ2) is 7.30. The molecule has 0 unspecified atom stereocenters. The Morgan fingerprint density at radius 2 is 2.09 bits per heavy atom. The van der Waals surface area contributed by atoms with Crippen LogP contribution in [0.25, 0.3) is 4.96 Å². The van der Waals surface area contributed by atoms with E-state index in [1.165, 1.54) is 11.3 Å². The van der Waals surface area contributed by atoms with Crippen molar-refractivity contribution in [3.05, 3.63) is 40.1 Å². The Labute approximate surface area is 141 Å². The molecule has 0 aliphatic heterocycles. The van der Waals surface area contributed by atoms with Gasteiger partial charge in [-0.15, -0.1) is 10.2 Å². The molecule has 0 atom stereocenters. The van der Waals surface area contributed by atoms with Gasteiger partial charge in [0, 0.05) is 5.02 Å². The SMILES string of the molecule is CCCSCc1nnc2sc(COc3ccc(Cl)cc3)nn12. The molecule has 2 aromatic heterocycles. The molecule has 3 rings (SSSR count). The van der Waals surface area contributed by atoms with Crippen molar-refractivity contribution in [2.75, 3.05) is 5.75 Å². The Morgan fingerprint density at radius 3 is 2.86 bits per heavy atom. The van der Waals surface area contributed by atoms with E-state index in [1.807, 2.05) is 28.4 Å². The molecule has 8 heteroatoms. The van der Waals surface area contributed by atoms with Crippen LogP contribution >= 0.6 is 34.7 Å². The number of aromatic nitrogens is 4. The van der Waals surface area contributed by atoms with Crippen molar-refractivity contribution >= 4 is 39.7 Å². The van der Waals surface area contributed by atoms with Crippen LogP contribution in [0, 0.1) is 0 Å². The zero-order valence-electron chi connectivity index (χ0n) is 12.0. The number of hydrogen-bond acceptors (Lipinski definition) is 6. The van der Waals surface area contributed by atoms with E-state index < -0.39 is 0 Å². The van der Waals surface area contributed by atoms with E-state index in [-0.39, 0.29) is 0 Å².